The van der Waals surface area contributed by atoms with Crippen LogP contribution in [0.5, 0.6) is 0 Å². The van der Waals surface area contributed by atoms with E-state index in [4.69, 9.17) is 4.42 Å². The molecule has 2 heterocycles. The second-order valence-corrected chi connectivity index (χ2v) is 6.85. The molecule has 1 aliphatic heterocycles. The lowest BCUT2D eigenvalue weighted by molar-refractivity contribution is -0.121. The first-order valence-electron chi connectivity index (χ1n) is 7.09. The zero-order chi connectivity index (χ0) is 14.9. The van der Waals surface area contributed by atoms with Gasteiger partial charge in [0.05, 0.1) is 18.3 Å². The van der Waals surface area contributed by atoms with Crippen molar-refractivity contribution in [3.05, 3.63) is 35.6 Å². The van der Waals surface area contributed by atoms with Gasteiger partial charge in [0.15, 0.2) is 0 Å². The largest absolute Gasteiger partial charge is 0.464 e. The number of amides is 1. The second kappa shape index (κ2) is 5.73. The molecule has 2 N–H and O–H groups in total. The lowest BCUT2D eigenvalue weighted by Crippen LogP contribution is -2.43. The van der Waals surface area contributed by atoms with E-state index >= 15 is 0 Å². The number of fused-ring (bicyclic) bond motifs is 1. The third-order valence-electron chi connectivity index (χ3n) is 3.86. The number of aryl methyl sites for hydroxylation is 1. The van der Waals surface area contributed by atoms with Gasteiger partial charge < -0.3 is 14.8 Å². The summed E-state index contributed by atoms with van der Waals surface area (Å²) in [6.45, 7) is 2.34. The van der Waals surface area contributed by atoms with Gasteiger partial charge in [-0.2, -0.15) is 11.8 Å². The number of hydrogen-bond donors (Lipinski definition) is 2. The monoisotopic (exact) mass is 305 g/mol. The first-order valence-corrected chi connectivity index (χ1v) is 8.25. The topological polar surface area (TPSA) is 62.5 Å². The average molecular weight is 305 g/mol. The molecule has 1 amide bonds. The predicted molar refractivity (Wildman–Crippen MR) is 84.6 cm³/mol. The standard InChI is InChI=1S/C16H19NO3S/c1-11-2-3-13-12(8-20-14(13)6-11)7-15(18)17-9-16(19)4-5-21-10-16/h2-3,6,8,19H,4-5,7,9-10H2,1H3,(H,17,18). The fourth-order valence-corrected chi connectivity index (χ4v) is 3.86. The van der Waals surface area contributed by atoms with Crippen LogP contribution in [0.1, 0.15) is 17.5 Å². The minimum Gasteiger partial charge on any atom is -0.464 e. The van der Waals surface area contributed by atoms with Crippen molar-refractivity contribution in [1.82, 2.24) is 5.32 Å². The van der Waals surface area contributed by atoms with Crippen LogP contribution >= 0.6 is 11.8 Å². The molecule has 0 bridgehead atoms. The molecule has 112 valence electrons. The van der Waals surface area contributed by atoms with Crippen molar-refractivity contribution in [3.63, 3.8) is 0 Å². The molecule has 0 saturated carbocycles. The van der Waals surface area contributed by atoms with E-state index in [1.807, 2.05) is 25.1 Å². The van der Waals surface area contributed by atoms with Gasteiger partial charge in [-0.25, -0.2) is 0 Å². The van der Waals surface area contributed by atoms with Crippen molar-refractivity contribution in [2.24, 2.45) is 0 Å². The van der Waals surface area contributed by atoms with Gasteiger partial charge in [0.25, 0.3) is 0 Å². The number of rotatable bonds is 4. The highest BCUT2D eigenvalue weighted by Crippen LogP contribution is 2.27. The van der Waals surface area contributed by atoms with Crippen molar-refractivity contribution < 1.29 is 14.3 Å². The Hall–Kier alpha value is -1.46. The highest BCUT2D eigenvalue weighted by molar-refractivity contribution is 7.99. The maximum absolute atomic E-state index is 12.0. The normalized spacial score (nSPS) is 21.8. The Morgan fingerprint density at radius 2 is 2.38 bits per heavy atom. The third-order valence-corrected chi connectivity index (χ3v) is 5.09. The number of carbonyl (C=O) groups excluding carboxylic acids is 1. The molecule has 2 aromatic rings. The summed E-state index contributed by atoms with van der Waals surface area (Å²) in [5, 5.41) is 14.0. The van der Waals surface area contributed by atoms with E-state index < -0.39 is 5.60 Å². The molecular formula is C16H19NO3S. The number of carbonyl (C=O) groups is 1. The summed E-state index contributed by atoms with van der Waals surface area (Å²) in [6.07, 6.45) is 2.66. The Kier molecular flexibility index (Phi) is 3.95. The molecule has 1 aliphatic rings. The molecule has 0 aliphatic carbocycles. The van der Waals surface area contributed by atoms with E-state index in [1.54, 1.807) is 18.0 Å². The average Bonchev–Trinajstić information content (AvgIpc) is 3.04. The third kappa shape index (κ3) is 3.24. The van der Waals surface area contributed by atoms with Crippen LogP contribution in [-0.4, -0.2) is 34.7 Å². The lowest BCUT2D eigenvalue weighted by Gasteiger charge is -2.21. The van der Waals surface area contributed by atoms with E-state index in [-0.39, 0.29) is 12.3 Å². The van der Waals surface area contributed by atoms with Crippen LogP contribution in [0, 0.1) is 6.92 Å². The zero-order valence-electron chi connectivity index (χ0n) is 12.0. The van der Waals surface area contributed by atoms with Gasteiger partial charge in [0.2, 0.25) is 5.91 Å². The Labute approximate surface area is 127 Å². The van der Waals surface area contributed by atoms with Gasteiger partial charge in [-0.15, -0.1) is 0 Å². The number of furan rings is 1. The van der Waals surface area contributed by atoms with Crippen LogP contribution in [0.2, 0.25) is 0 Å². The molecular weight excluding hydrogens is 286 g/mol. The van der Waals surface area contributed by atoms with Crippen LogP contribution < -0.4 is 5.32 Å². The molecule has 1 saturated heterocycles. The van der Waals surface area contributed by atoms with Gasteiger partial charge in [-0.05, 0) is 30.7 Å². The number of hydrogen-bond acceptors (Lipinski definition) is 4. The smallest absolute Gasteiger partial charge is 0.224 e. The van der Waals surface area contributed by atoms with E-state index in [9.17, 15) is 9.90 Å². The highest BCUT2D eigenvalue weighted by atomic mass is 32.2. The Morgan fingerprint density at radius 3 is 3.14 bits per heavy atom. The SMILES string of the molecule is Cc1ccc2c(CC(=O)NCC3(O)CCSC3)coc2c1. The minimum absolute atomic E-state index is 0.0800. The molecule has 0 spiro atoms. The first-order chi connectivity index (χ1) is 10.1. The van der Waals surface area contributed by atoms with E-state index in [0.29, 0.717) is 12.3 Å². The lowest BCUT2D eigenvalue weighted by atomic mass is 10.0. The van der Waals surface area contributed by atoms with E-state index in [1.165, 1.54) is 0 Å². The van der Waals surface area contributed by atoms with Gasteiger partial charge >= 0.3 is 0 Å². The summed E-state index contributed by atoms with van der Waals surface area (Å²) in [5.74, 6) is 1.57. The molecule has 21 heavy (non-hydrogen) atoms. The molecule has 3 rings (SSSR count). The van der Waals surface area contributed by atoms with Crippen LogP contribution in [-0.2, 0) is 11.2 Å². The number of aliphatic hydroxyl groups is 1. The highest BCUT2D eigenvalue weighted by Gasteiger charge is 2.31. The van der Waals surface area contributed by atoms with Crippen LogP contribution in [0.3, 0.4) is 0 Å². The molecule has 4 nitrogen and oxygen atoms in total. The predicted octanol–water partition coefficient (Wildman–Crippen LogP) is 2.27. The molecule has 1 fully saturated rings. The van der Waals surface area contributed by atoms with Crippen molar-refractivity contribution >= 4 is 28.6 Å². The Balaban J connectivity index is 1.63. The molecule has 1 aromatic carbocycles. The maximum Gasteiger partial charge on any atom is 0.224 e. The van der Waals surface area contributed by atoms with Gasteiger partial charge in [-0.3, -0.25) is 4.79 Å². The van der Waals surface area contributed by atoms with Crippen LogP contribution in [0.4, 0.5) is 0 Å². The fourth-order valence-electron chi connectivity index (χ4n) is 2.56. The maximum atomic E-state index is 12.0. The summed E-state index contributed by atoms with van der Waals surface area (Å²) < 4.78 is 5.50. The Morgan fingerprint density at radius 1 is 1.52 bits per heavy atom. The minimum atomic E-state index is -0.740. The first kappa shape index (κ1) is 14.5. The summed E-state index contributed by atoms with van der Waals surface area (Å²) in [4.78, 5) is 12.0. The quantitative estimate of drug-likeness (QED) is 0.909. The zero-order valence-corrected chi connectivity index (χ0v) is 12.8. The molecule has 1 aromatic heterocycles. The van der Waals surface area contributed by atoms with Crippen molar-refractivity contribution in [2.45, 2.75) is 25.4 Å². The summed E-state index contributed by atoms with van der Waals surface area (Å²) in [5.41, 5.74) is 2.09. The summed E-state index contributed by atoms with van der Waals surface area (Å²) in [7, 11) is 0. The van der Waals surface area contributed by atoms with Crippen molar-refractivity contribution in [1.29, 1.82) is 0 Å². The van der Waals surface area contributed by atoms with Crippen molar-refractivity contribution in [2.75, 3.05) is 18.1 Å². The molecule has 1 atom stereocenters. The van der Waals surface area contributed by atoms with E-state index in [2.05, 4.69) is 5.32 Å². The fraction of sp³-hybridized carbons (Fsp3) is 0.438. The summed E-state index contributed by atoms with van der Waals surface area (Å²) >= 11 is 1.72. The van der Waals surface area contributed by atoms with E-state index in [0.717, 1.165) is 34.3 Å². The van der Waals surface area contributed by atoms with Crippen molar-refractivity contribution in [3.8, 4) is 0 Å². The Bertz CT molecular complexity index is 659. The molecule has 5 heteroatoms. The second-order valence-electron chi connectivity index (χ2n) is 5.74. The van der Waals surface area contributed by atoms with Gasteiger partial charge in [-0.1, -0.05) is 12.1 Å². The van der Waals surface area contributed by atoms with Crippen LogP contribution in [0.25, 0.3) is 11.0 Å². The number of benzene rings is 1. The molecule has 0 radical (unpaired) electrons. The van der Waals surface area contributed by atoms with Crippen LogP contribution in [0.15, 0.2) is 28.9 Å². The number of nitrogens with one attached hydrogen (secondary N) is 1. The molecule has 1 unspecified atom stereocenters. The van der Waals surface area contributed by atoms with Gasteiger partial charge in [0, 0.05) is 23.2 Å². The summed E-state index contributed by atoms with van der Waals surface area (Å²) in [6, 6.07) is 5.96. The van der Waals surface area contributed by atoms with Gasteiger partial charge in [0.1, 0.15) is 5.58 Å². The number of thioether (sulfide) groups is 1.